The lowest BCUT2D eigenvalue weighted by atomic mass is 10.2. The first-order valence-electron chi connectivity index (χ1n) is 5.06. The van der Waals surface area contributed by atoms with E-state index in [1.165, 1.54) is 11.8 Å². The van der Waals surface area contributed by atoms with Crippen molar-refractivity contribution in [3.63, 3.8) is 0 Å². The Morgan fingerprint density at radius 3 is 2.71 bits per heavy atom. The minimum Gasteiger partial charge on any atom is -0.459 e. The predicted octanol–water partition coefficient (Wildman–Crippen LogP) is 2.37. The van der Waals surface area contributed by atoms with Gasteiger partial charge in [0.1, 0.15) is 11.4 Å². The molecule has 0 atom stereocenters. The van der Waals surface area contributed by atoms with Crippen LogP contribution in [0.25, 0.3) is 0 Å². The molecule has 5 nitrogen and oxygen atoms in total. The molecule has 0 saturated heterocycles. The van der Waals surface area contributed by atoms with E-state index >= 15 is 0 Å². The van der Waals surface area contributed by atoms with Gasteiger partial charge in [0.25, 0.3) is 5.22 Å². The third kappa shape index (κ3) is 5.97. The van der Waals surface area contributed by atoms with Crippen molar-refractivity contribution >= 4 is 29.5 Å². The molecule has 0 bridgehead atoms. The van der Waals surface area contributed by atoms with Crippen LogP contribution < -0.4 is 0 Å². The standard InChI is InChI=1S/C10H16N2O3S2/c1-10(2,3)15-8(13)6-17-9-12-11-7(14-9)5-16-4/h5-6H2,1-4H3. The Bertz CT molecular complexity index is 374. The highest BCUT2D eigenvalue weighted by atomic mass is 32.2. The number of carbonyl (C=O) groups excluding carboxylic acids is 1. The van der Waals surface area contributed by atoms with Gasteiger partial charge in [0.15, 0.2) is 0 Å². The first-order chi connectivity index (χ1) is 7.90. The van der Waals surface area contributed by atoms with Crippen LogP contribution in [0.1, 0.15) is 26.7 Å². The van der Waals surface area contributed by atoms with Gasteiger partial charge < -0.3 is 9.15 Å². The van der Waals surface area contributed by atoms with E-state index in [0.717, 1.165) is 0 Å². The number of hydrogen-bond donors (Lipinski definition) is 0. The molecule has 17 heavy (non-hydrogen) atoms. The third-order valence-electron chi connectivity index (χ3n) is 1.45. The summed E-state index contributed by atoms with van der Waals surface area (Å²) < 4.78 is 10.5. The molecule has 1 aromatic rings. The highest BCUT2D eigenvalue weighted by molar-refractivity contribution is 7.99. The minimum atomic E-state index is -0.462. The molecule has 0 aliphatic heterocycles. The van der Waals surface area contributed by atoms with Crippen molar-refractivity contribution < 1.29 is 13.9 Å². The van der Waals surface area contributed by atoms with E-state index in [9.17, 15) is 4.79 Å². The summed E-state index contributed by atoms with van der Waals surface area (Å²) >= 11 is 2.80. The zero-order valence-electron chi connectivity index (χ0n) is 10.3. The van der Waals surface area contributed by atoms with Gasteiger partial charge in [0, 0.05) is 0 Å². The number of rotatable bonds is 5. The number of esters is 1. The lowest BCUT2D eigenvalue weighted by Crippen LogP contribution is -2.24. The molecule has 0 aliphatic carbocycles. The summed E-state index contributed by atoms with van der Waals surface area (Å²) in [6.45, 7) is 5.50. The smallest absolute Gasteiger partial charge is 0.316 e. The molecule has 96 valence electrons. The van der Waals surface area contributed by atoms with Gasteiger partial charge in [-0.1, -0.05) is 11.8 Å². The molecular formula is C10H16N2O3S2. The van der Waals surface area contributed by atoms with Crippen LogP contribution >= 0.6 is 23.5 Å². The van der Waals surface area contributed by atoms with Crippen LogP contribution in [0.5, 0.6) is 0 Å². The SMILES string of the molecule is CSCc1nnc(SCC(=O)OC(C)(C)C)o1. The van der Waals surface area contributed by atoms with Crippen molar-refractivity contribution in [3.8, 4) is 0 Å². The normalized spacial score (nSPS) is 11.5. The van der Waals surface area contributed by atoms with E-state index in [2.05, 4.69) is 10.2 Å². The molecule has 7 heteroatoms. The van der Waals surface area contributed by atoms with E-state index in [4.69, 9.17) is 9.15 Å². The highest BCUT2D eigenvalue weighted by Crippen LogP contribution is 2.19. The molecule has 1 heterocycles. The fourth-order valence-corrected chi connectivity index (χ4v) is 1.89. The lowest BCUT2D eigenvalue weighted by molar-refractivity contribution is -0.151. The molecule has 0 N–H and O–H groups in total. The van der Waals surface area contributed by atoms with Crippen molar-refractivity contribution in [1.29, 1.82) is 0 Å². The fraction of sp³-hybridized carbons (Fsp3) is 0.700. The largest absolute Gasteiger partial charge is 0.459 e. The molecule has 0 aliphatic rings. The Hall–Kier alpha value is -0.690. The summed E-state index contributed by atoms with van der Waals surface area (Å²) in [5, 5.41) is 8.08. The van der Waals surface area contributed by atoms with Crippen LogP contribution in [0.3, 0.4) is 0 Å². The average molecular weight is 276 g/mol. The maximum absolute atomic E-state index is 11.4. The molecule has 0 amide bonds. The summed E-state index contributed by atoms with van der Waals surface area (Å²) in [6, 6.07) is 0. The first-order valence-corrected chi connectivity index (χ1v) is 7.44. The molecule has 0 saturated carbocycles. The molecule has 0 aromatic carbocycles. The van der Waals surface area contributed by atoms with E-state index in [0.29, 0.717) is 16.9 Å². The Balaban J connectivity index is 2.37. The molecule has 0 radical (unpaired) electrons. The van der Waals surface area contributed by atoms with Gasteiger partial charge in [0.05, 0.1) is 5.75 Å². The summed E-state index contributed by atoms with van der Waals surface area (Å²) in [4.78, 5) is 11.4. The quantitative estimate of drug-likeness (QED) is 0.604. The summed E-state index contributed by atoms with van der Waals surface area (Å²) in [6.07, 6.45) is 1.96. The van der Waals surface area contributed by atoms with E-state index in [1.807, 2.05) is 27.0 Å². The number of nitrogens with zero attached hydrogens (tertiary/aromatic N) is 2. The zero-order valence-corrected chi connectivity index (χ0v) is 12.0. The van der Waals surface area contributed by atoms with Crippen molar-refractivity contribution in [3.05, 3.63) is 5.89 Å². The van der Waals surface area contributed by atoms with Crippen LogP contribution in [0, 0.1) is 0 Å². The first kappa shape index (κ1) is 14.4. The number of ether oxygens (including phenoxy) is 1. The fourth-order valence-electron chi connectivity index (χ4n) is 0.970. The van der Waals surface area contributed by atoms with E-state index in [-0.39, 0.29) is 11.7 Å². The Kier molecular flexibility index (Phi) is 5.32. The van der Waals surface area contributed by atoms with E-state index in [1.54, 1.807) is 11.8 Å². The van der Waals surface area contributed by atoms with Crippen LogP contribution in [0.4, 0.5) is 0 Å². The van der Waals surface area contributed by atoms with Gasteiger partial charge in [-0.2, -0.15) is 11.8 Å². The van der Waals surface area contributed by atoms with Gasteiger partial charge in [-0.05, 0) is 27.0 Å². The van der Waals surface area contributed by atoms with Gasteiger partial charge in [-0.15, -0.1) is 10.2 Å². The minimum absolute atomic E-state index is 0.179. The van der Waals surface area contributed by atoms with Crippen LogP contribution in [0.15, 0.2) is 9.64 Å². The maximum Gasteiger partial charge on any atom is 0.316 e. The van der Waals surface area contributed by atoms with Gasteiger partial charge in [0.2, 0.25) is 5.89 Å². The summed E-state index contributed by atoms with van der Waals surface area (Å²) in [5.74, 6) is 1.15. The van der Waals surface area contributed by atoms with Crippen LogP contribution in [-0.4, -0.2) is 33.8 Å². The molecule has 1 aromatic heterocycles. The third-order valence-corrected chi connectivity index (χ3v) is 2.78. The molecular weight excluding hydrogens is 260 g/mol. The average Bonchev–Trinajstić information content (AvgIpc) is 2.61. The summed E-state index contributed by atoms with van der Waals surface area (Å²) in [7, 11) is 0. The lowest BCUT2D eigenvalue weighted by Gasteiger charge is -2.18. The molecule has 1 rings (SSSR count). The molecule has 0 fully saturated rings. The Labute approximate surface area is 109 Å². The van der Waals surface area contributed by atoms with Gasteiger partial charge in [-0.3, -0.25) is 4.79 Å². The molecule has 0 spiro atoms. The van der Waals surface area contributed by atoms with E-state index < -0.39 is 5.60 Å². The number of carbonyl (C=O) groups is 1. The van der Waals surface area contributed by atoms with Crippen molar-refractivity contribution in [1.82, 2.24) is 10.2 Å². The van der Waals surface area contributed by atoms with Crippen LogP contribution in [-0.2, 0) is 15.3 Å². The van der Waals surface area contributed by atoms with Gasteiger partial charge >= 0.3 is 5.97 Å². The number of thioether (sulfide) groups is 2. The topological polar surface area (TPSA) is 65.2 Å². The Morgan fingerprint density at radius 1 is 1.41 bits per heavy atom. The highest BCUT2D eigenvalue weighted by Gasteiger charge is 2.17. The maximum atomic E-state index is 11.4. The second-order valence-electron chi connectivity index (χ2n) is 4.27. The number of hydrogen-bond acceptors (Lipinski definition) is 7. The monoisotopic (exact) mass is 276 g/mol. The van der Waals surface area contributed by atoms with Gasteiger partial charge in [-0.25, -0.2) is 0 Å². The molecule has 0 unspecified atom stereocenters. The predicted molar refractivity (Wildman–Crippen MR) is 68.1 cm³/mol. The second kappa shape index (κ2) is 6.30. The number of aromatic nitrogens is 2. The second-order valence-corrected chi connectivity index (χ2v) is 6.06. The van der Waals surface area contributed by atoms with Crippen molar-refractivity contribution in [2.45, 2.75) is 37.3 Å². The summed E-state index contributed by atoms with van der Waals surface area (Å²) in [5.41, 5.74) is -0.462. The van der Waals surface area contributed by atoms with Crippen molar-refractivity contribution in [2.24, 2.45) is 0 Å². The Morgan fingerprint density at radius 2 is 2.12 bits per heavy atom. The van der Waals surface area contributed by atoms with Crippen molar-refractivity contribution in [2.75, 3.05) is 12.0 Å². The zero-order chi connectivity index (χ0) is 12.9. The van der Waals surface area contributed by atoms with Crippen LogP contribution in [0.2, 0.25) is 0 Å².